The summed E-state index contributed by atoms with van der Waals surface area (Å²) in [6.07, 6.45) is 11.3. The molecule has 1 saturated heterocycles. The van der Waals surface area contributed by atoms with Crippen LogP contribution in [0.3, 0.4) is 0 Å². The van der Waals surface area contributed by atoms with Gasteiger partial charge in [0.15, 0.2) is 6.29 Å². The molecule has 5 aliphatic rings. The lowest BCUT2D eigenvalue weighted by Crippen LogP contribution is -2.60. The van der Waals surface area contributed by atoms with E-state index in [1.807, 2.05) is 0 Å². The fraction of sp³-hybridized carbons (Fsp3) is 0.943. The number of hydrogen-bond donors (Lipinski definition) is 4. The third kappa shape index (κ3) is 5.73. The maximum Gasteiger partial charge on any atom is 0.186 e. The number of allylic oxidation sites excluding steroid dienone is 2. The molecule has 1 unspecified atom stereocenters. The molecule has 4 aliphatic carbocycles. The lowest BCUT2D eigenvalue weighted by Gasteiger charge is -2.59. The van der Waals surface area contributed by atoms with Crippen molar-refractivity contribution in [2.75, 3.05) is 6.61 Å². The van der Waals surface area contributed by atoms with Gasteiger partial charge in [-0.15, -0.1) is 0 Å². The van der Waals surface area contributed by atoms with Crippen LogP contribution in [0.4, 0.5) is 0 Å². The quantitative estimate of drug-likeness (QED) is 0.263. The molecule has 0 aromatic rings. The summed E-state index contributed by atoms with van der Waals surface area (Å²) in [4.78, 5) is 0. The zero-order chi connectivity index (χ0) is 29.7. The third-order valence-electron chi connectivity index (χ3n) is 13.5. The van der Waals surface area contributed by atoms with Crippen LogP contribution in [-0.2, 0) is 9.47 Å². The molecule has 5 rings (SSSR count). The topological polar surface area (TPSA) is 99.4 Å². The second-order valence-corrected chi connectivity index (χ2v) is 15.7. The second-order valence-electron chi connectivity index (χ2n) is 15.7. The summed E-state index contributed by atoms with van der Waals surface area (Å²) >= 11 is 0. The maximum atomic E-state index is 10.5. The van der Waals surface area contributed by atoms with E-state index in [1.165, 1.54) is 44.9 Å². The molecular weight excluding hydrogens is 516 g/mol. The van der Waals surface area contributed by atoms with E-state index in [0.29, 0.717) is 23.2 Å². The fourth-order valence-electron chi connectivity index (χ4n) is 10.7. The van der Waals surface area contributed by atoms with E-state index in [1.54, 1.807) is 0 Å². The van der Waals surface area contributed by atoms with Gasteiger partial charge in [0.05, 0.1) is 12.7 Å². The van der Waals surface area contributed by atoms with Gasteiger partial charge in [0, 0.05) is 0 Å². The summed E-state index contributed by atoms with van der Waals surface area (Å²) in [6, 6.07) is 0. The Bertz CT molecular complexity index is 905. The van der Waals surface area contributed by atoms with Crippen molar-refractivity contribution in [1.29, 1.82) is 0 Å². The first-order valence-corrected chi connectivity index (χ1v) is 17.1. The minimum absolute atomic E-state index is 0.0842. The standard InChI is InChI=1S/C35H60O6/c1-7-22(20(2)3)9-8-21(4)26-12-13-27-25-11-10-23-18-24(14-16-34(23,5)28(25)15-17-35(26,27)6)40-33-32(39)31(38)30(37)29(19-36)41-33/h10-11,20-33,36-39H,7-9,12-19H2,1-6H3/t21-,22-,23?,24+,25+,26-,27+,28+,29-,30-,31+,32-,33-,34+,35-/m1/s1. The maximum absolute atomic E-state index is 10.5. The first-order valence-electron chi connectivity index (χ1n) is 17.1. The molecule has 236 valence electrons. The number of aliphatic hydroxyl groups is 4. The molecule has 0 amide bonds. The van der Waals surface area contributed by atoms with Crippen molar-refractivity contribution >= 4 is 0 Å². The molecule has 3 saturated carbocycles. The van der Waals surface area contributed by atoms with E-state index in [9.17, 15) is 20.4 Å². The molecule has 0 bridgehead atoms. The van der Waals surface area contributed by atoms with E-state index in [2.05, 4.69) is 53.7 Å². The smallest absolute Gasteiger partial charge is 0.186 e. The Balaban J connectivity index is 1.24. The molecule has 6 heteroatoms. The minimum atomic E-state index is -1.40. The molecule has 4 fully saturated rings. The average molecular weight is 577 g/mol. The van der Waals surface area contributed by atoms with Crippen LogP contribution in [0.2, 0.25) is 0 Å². The molecule has 0 spiro atoms. The Morgan fingerprint density at radius 3 is 2.27 bits per heavy atom. The molecule has 4 N–H and O–H groups in total. The van der Waals surface area contributed by atoms with E-state index < -0.39 is 37.3 Å². The largest absolute Gasteiger partial charge is 0.394 e. The lowest BCUT2D eigenvalue weighted by atomic mass is 9.46. The number of ether oxygens (including phenoxy) is 2. The van der Waals surface area contributed by atoms with Crippen molar-refractivity contribution < 1.29 is 29.9 Å². The van der Waals surface area contributed by atoms with E-state index in [4.69, 9.17) is 9.47 Å². The van der Waals surface area contributed by atoms with Crippen LogP contribution >= 0.6 is 0 Å². The van der Waals surface area contributed by atoms with Crippen molar-refractivity contribution in [1.82, 2.24) is 0 Å². The fourth-order valence-corrected chi connectivity index (χ4v) is 10.7. The SMILES string of the molecule is CC[C@H](CC[C@@H](C)[C@H]1CC[C@H]2[C@@H]3C=CC4C[C@@H](O[C@@H]5O[C@H](CO)[C@@H](O)[C@H](O)[C@H]5O)CC[C@]4(C)[C@H]3CC[C@]12C)C(C)C. The Kier molecular flexibility index (Phi) is 9.71. The van der Waals surface area contributed by atoms with Gasteiger partial charge in [0.1, 0.15) is 24.4 Å². The van der Waals surface area contributed by atoms with Crippen molar-refractivity contribution in [3.05, 3.63) is 12.2 Å². The molecule has 0 aromatic carbocycles. The van der Waals surface area contributed by atoms with Crippen LogP contribution in [0.15, 0.2) is 12.2 Å². The Morgan fingerprint density at radius 2 is 1.59 bits per heavy atom. The predicted octanol–water partition coefficient (Wildman–Crippen LogP) is 5.70. The van der Waals surface area contributed by atoms with Gasteiger partial charge in [-0.3, -0.25) is 0 Å². The third-order valence-corrected chi connectivity index (χ3v) is 13.5. The lowest BCUT2D eigenvalue weighted by molar-refractivity contribution is -0.315. The molecule has 1 aliphatic heterocycles. The summed E-state index contributed by atoms with van der Waals surface area (Å²) in [5.74, 6) is 5.90. The zero-order valence-electron chi connectivity index (χ0n) is 26.6. The summed E-state index contributed by atoms with van der Waals surface area (Å²) in [7, 11) is 0. The minimum Gasteiger partial charge on any atom is -0.394 e. The van der Waals surface area contributed by atoms with Crippen molar-refractivity contribution in [2.24, 2.45) is 58.2 Å². The van der Waals surface area contributed by atoms with Crippen molar-refractivity contribution in [3.63, 3.8) is 0 Å². The molecular formula is C35H60O6. The molecule has 1 heterocycles. The molecule has 41 heavy (non-hydrogen) atoms. The molecule has 6 nitrogen and oxygen atoms in total. The first-order chi connectivity index (χ1) is 19.4. The zero-order valence-corrected chi connectivity index (χ0v) is 26.6. The Labute approximate surface area is 249 Å². The van der Waals surface area contributed by atoms with Gasteiger partial charge < -0.3 is 29.9 Å². The summed E-state index contributed by atoms with van der Waals surface area (Å²) in [5.41, 5.74) is 0.711. The van der Waals surface area contributed by atoms with E-state index >= 15 is 0 Å². The van der Waals surface area contributed by atoms with Gasteiger partial charge in [-0.25, -0.2) is 0 Å². The number of rotatable bonds is 9. The summed E-state index contributed by atoms with van der Waals surface area (Å²) in [6.45, 7) is 14.5. The molecule has 15 atom stereocenters. The van der Waals surface area contributed by atoms with Crippen LogP contribution in [0.1, 0.15) is 106 Å². The molecule has 0 aromatic heterocycles. The highest BCUT2D eigenvalue weighted by atomic mass is 16.7. The van der Waals surface area contributed by atoms with E-state index in [-0.39, 0.29) is 11.5 Å². The number of fused-ring (bicyclic) bond motifs is 5. The van der Waals surface area contributed by atoms with Crippen molar-refractivity contribution in [3.8, 4) is 0 Å². The average Bonchev–Trinajstić information content (AvgIpc) is 3.30. The monoisotopic (exact) mass is 576 g/mol. The van der Waals surface area contributed by atoms with Crippen LogP contribution < -0.4 is 0 Å². The normalized spacial score (nSPS) is 49.3. The van der Waals surface area contributed by atoms with Crippen molar-refractivity contribution in [2.45, 2.75) is 143 Å². The summed E-state index contributed by atoms with van der Waals surface area (Å²) in [5, 5.41) is 40.4. The van der Waals surface area contributed by atoms with Gasteiger partial charge in [0.2, 0.25) is 0 Å². The van der Waals surface area contributed by atoms with Gasteiger partial charge in [-0.1, -0.05) is 66.5 Å². The van der Waals surface area contributed by atoms with Gasteiger partial charge in [-0.2, -0.15) is 0 Å². The Hall–Kier alpha value is -0.500. The van der Waals surface area contributed by atoms with Crippen LogP contribution in [0, 0.1) is 58.2 Å². The van der Waals surface area contributed by atoms with Gasteiger partial charge in [-0.05, 0) is 110 Å². The van der Waals surface area contributed by atoms with Crippen LogP contribution in [0.25, 0.3) is 0 Å². The van der Waals surface area contributed by atoms with Gasteiger partial charge >= 0.3 is 0 Å². The highest BCUT2D eigenvalue weighted by molar-refractivity contribution is 5.18. The first kappa shape index (κ1) is 31.9. The van der Waals surface area contributed by atoms with E-state index in [0.717, 1.165) is 48.9 Å². The predicted molar refractivity (Wildman–Crippen MR) is 161 cm³/mol. The van der Waals surface area contributed by atoms with Gasteiger partial charge in [0.25, 0.3) is 0 Å². The van der Waals surface area contributed by atoms with Crippen LogP contribution in [0.5, 0.6) is 0 Å². The highest BCUT2D eigenvalue weighted by Gasteiger charge is 2.59. The number of hydrogen-bond acceptors (Lipinski definition) is 6. The second kappa shape index (κ2) is 12.5. The Morgan fingerprint density at radius 1 is 0.878 bits per heavy atom. The highest BCUT2D eigenvalue weighted by Crippen LogP contribution is 2.67. The molecule has 0 radical (unpaired) electrons. The number of aliphatic hydroxyl groups excluding tert-OH is 4. The van der Waals surface area contributed by atoms with Crippen LogP contribution in [-0.4, -0.2) is 63.8 Å². The summed E-state index contributed by atoms with van der Waals surface area (Å²) < 4.78 is 11.9.